The second kappa shape index (κ2) is 7.21. The molecule has 4 heteroatoms. The molecule has 0 atom stereocenters. The van der Waals surface area contributed by atoms with E-state index in [1.54, 1.807) is 7.11 Å². The molecular formula is C25H21FN2O. The molecule has 1 aliphatic carbocycles. The van der Waals surface area contributed by atoms with Crippen LogP contribution >= 0.6 is 0 Å². The number of allylic oxidation sites excluding steroid dienone is 1. The van der Waals surface area contributed by atoms with E-state index in [2.05, 4.69) is 34.5 Å². The van der Waals surface area contributed by atoms with Crippen molar-refractivity contribution in [2.45, 2.75) is 12.8 Å². The monoisotopic (exact) mass is 384 g/mol. The maximum Gasteiger partial charge on any atom is 0.216 e. The number of benzene rings is 3. The lowest BCUT2D eigenvalue weighted by atomic mass is 9.86. The molecule has 1 saturated carbocycles. The summed E-state index contributed by atoms with van der Waals surface area (Å²) < 4.78 is 19.6. The normalized spacial score (nSPS) is 14.7. The third-order valence-corrected chi connectivity index (χ3v) is 5.51. The third kappa shape index (κ3) is 3.31. The van der Waals surface area contributed by atoms with Crippen molar-refractivity contribution >= 4 is 22.0 Å². The summed E-state index contributed by atoms with van der Waals surface area (Å²) in [5.41, 5.74) is 6.41. The lowest BCUT2D eigenvalue weighted by molar-refractivity contribution is 0.415. The minimum Gasteiger partial charge on any atom is -0.497 e. The van der Waals surface area contributed by atoms with Crippen LogP contribution in [0, 0.1) is 11.9 Å². The van der Waals surface area contributed by atoms with E-state index in [0.717, 1.165) is 22.4 Å². The highest BCUT2D eigenvalue weighted by Gasteiger charge is 2.30. The van der Waals surface area contributed by atoms with Gasteiger partial charge in [-0.1, -0.05) is 48.5 Å². The van der Waals surface area contributed by atoms with Crippen molar-refractivity contribution in [3.63, 3.8) is 0 Å². The molecule has 3 nitrogen and oxygen atoms in total. The first-order valence-electron chi connectivity index (χ1n) is 9.82. The zero-order valence-electron chi connectivity index (χ0n) is 16.2. The second-order valence-electron chi connectivity index (χ2n) is 7.43. The predicted molar refractivity (Wildman–Crippen MR) is 114 cm³/mol. The predicted octanol–water partition coefficient (Wildman–Crippen LogP) is 6.08. The van der Waals surface area contributed by atoms with Crippen LogP contribution in [0.2, 0.25) is 0 Å². The standard InChI is InChI=1S/C25H21FN2O/c1-29-20-12-9-18(10-13-20)23(17-7-8-17)24(16-5-3-2-4-6-16)19-11-14-22-21(15-19)25(26)28-27-22/h2-6,9-15,17H,7-8H2,1H3,(H,27,28)/b24-23+. The summed E-state index contributed by atoms with van der Waals surface area (Å²) in [5, 5.41) is 6.99. The summed E-state index contributed by atoms with van der Waals surface area (Å²) in [6.07, 6.45) is 2.33. The molecular weight excluding hydrogens is 363 g/mol. The molecule has 0 unspecified atom stereocenters. The number of hydrogen-bond acceptors (Lipinski definition) is 2. The Morgan fingerprint density at radius 3 is 2.34 bits per heavy atom. The van der Waals surface area contributed by atoms with Gasteiger partial charge in [-0.3, -0.25) is 5.10 Å². The van der Waals surface area contributed by atoms with E-state index in [9.17, 15) is 4.39 Å². The Bertz CT molecular complexity index is 1190. The largest absolute Gasteiger partial charge is 0.497 e. The fourth-order valence-corrected chi connectivity index (χ4v) is 3.94. The Labute approximate surface area is 168 Å². The van der Waals surface area contributed by atoms with Crippen molar-refractivity contribution < 1.29 is 9.13 Å². The van der Waals surface area contributed by atoms with E-state index in [4.69, 9.17) is 4.74 Å². The molecule has 29 heavy (non-hydrogen) atoms. The number of aromatic amines is 1. The van der Waals surface area contributed by atoms with Gasteiger partial charge >= 0.3 is 0 Å². The average molecular weight is 384 g/mol. The first-order valence-corrected chi connectivity index (χ1v) is 9.82. The second-order valence-corrected chi connectivity index (χ2v) is 7.43. The summed E-state index contributed by atoms with van der Waals surface area (Å²) in [6.45, 7) is 0. The molecule has 0 saturated heterocycles. The van der Waals surface area contributed by atoms with Gasteiger partial charge in [-0.15, -0.1) is 0 Å². The molecule has 3 aromatic carbocycles. The Morgan fingerprint density at radius 1 is 0.931 bits per heavy atom. The third-order valence-electron chi connectivity index (χ3n) is 5.51. The van der Waals surface area contributed by atoms with Gasteiger partial charge in [-0.25, -0.2) is 0 Å². The molecule has 0 radical (unpaired) electrons. The summed E-state index contributed by atoms with van der Waals surface area (Å²) in [5.74, 6) is 0.947. The van der Waals surface area contributed by atoms with Crippen LogP contribution in [0.15, 0.2) is 72.8 Å². The maximum absolute atomic E-state index is 14.2. The van der Waals surface area contributed by atoms with Crippen molar-refractivity contribution in [3.8, 4) is 5.75 Å². The molecule has 0 amide bonds. The zero-order chi connectivity index (χ0) is 19.8. The lowest BCUT2D eigenvalue weighted by Gasteiger charge is -2.17. The first kappa shape index (κ1) is 17.7. The van der Waals surface area contributed by atoms with E-state index in [0.29, 0.717) is 16.8 Å². The number of fused-ring (bicyclic) bond motifs is 1. The Kier molecular flexibility index (Phi) is 4.39. The van der Waals surface area contributed by atoms with Crippen LogP contribution in [0.4, 0.5) is 4.39 Å². The van der Waals surface area contributed by atoms with Crippen molar-refractivity contribution in [2.24, 2.45) is 5.92 Å². The van der Waals surface area contributed by atoms with Crippen molar-refractivity contribution in [1.29, 1.82) is 0 Å². The number of ether oxygens (including phenoxy) is 1. The lowest BCUT2D eigenvalue weighted by Crippen LogP contribution is -1.97. The minimum absolute atomic E-state index is 0.397. The summed E-state index contributed by atoms with van der Waals surface area (Å²) >= 11 is 0. The van der Waals surface area contributed by atoms with Crippen molar-refractivity contribution in [3.05, 3.63) is 95.4 Å². The number of nitrogens with zero attached hydrogens (tertiary/aromatic N) is 1. The van der Waals surface area contributed by atoms with Crippen molar-refractivity contribution in [2.75, 3.05) is 7.11 Å². The van der Waals surface area contributed by atoms with E-state index in [1.165, 1.54) is 24.0 Å². The van der Waals surface area contributed by atoms with Crippen LogP contribution in [-0.4, -0.2) is 17.3 Å². The number of nitrogens with one attached hydrogen (secondary N) is 1. The average Bonchev–Trinajstić information content (AvgIpc) is 3.55. The van der Waals surface area contributed by atoms with Crippen LogP contribution < -0.4 is 4.74 Å². The van der Waals surface area contributed by atoms with Crippen molar-refractivity contribution in [1.82, 2.24) is 10.2 Å². The smallest absolute Gasteiger partial charge is 0.216 e. The number of halogens is 1. The van der Waals surface area contributed by atoms with Crippen LogP contribution in [0.3, 0.4) is 0 Å². The van der Waals surface area contributed by atoms with Gasteiger partial charge in [0.25, 0.3) is 0 Å². The molecule has 0 bridgehead atoms. The Balaban J connectivity index is 1.78. The highest BCUT2D eigenvalue weighted by atomic mass is 19.1. The van der Waals surface area contributed by atoms with Crippen LogP contribution in [0.25, 0.3) is 22.0 Å². The van der Waals surface area contributed by atoms with Gasteiger partial charge in [-0.2, -0.15) is 9.49 Å². The van der Waals surface area contributed by atoms with E-state index in [1.807, 2.05) is 48.5 Å². The fourth-order valence-electron chi connectivity index (χ4n) is 3.94. The highest BCUT2D eigenvalue weighted by Crippen LogP contribution is 2.48. The van der Waals surface area contributed by atoms with E-state index >= 15 is 0 Å². The van der Waals surface area contributed by atoms with Crippen LogP contribution in [-0.2, 0) is 0 Å². The molecule has 4 aromatic rings. The molecule has 1 aliphatic rings. The van der Waals surface area contributed by atoms with Gasteiger partial charge in [0.1, 0.15) is 5.75 Å². The van der Waals surface area contributed by atoms with Gasteiger partial charge < -0.3 is 4.74 Å². The number of aromatic nitrogens is 2. The molecule has 1 fully saturated rings. The Morgan fingerprint density at radius 2 is 1.66 bits per heavy atom. The summed E-state index contributed by atoms with van der Waals surface area (Å²) in [6, 6.07) is 24.4. The number of hydrogen-bond donors (Lipinski definition) is 1. The molecule has 1 heterocycles. The topological polar surface area (TPSA) is 37.9 Å². The molecule has 1 aromatic heterocycles. The number of H-pyrrole nitrogens is 1. The maximum atomic E-state index is 14.2. The first-order chi connectivity index (χ1) is 14.2. The quantitative estimate of drug-likeness (QED) is 0.424. The SMILES string of the molecule is COc1ccc(/C(=C(\c2ccccc2)c2ccc3n[nH]c(F)c3c2)C2CC2)cc1. The molecule has 0 spiro atoms. The number of rotatable bonds is 5. The highest BCUT2D eigenvalue weighted by molar-refractivity contribution is 6.01. The van der Waals surface area contributed by atoms with Gasteiger partial charge in [0.2, 0.25) is 5.95 Å². The van der Waals surface area contributed by atoms with Crippen LogP contribution in [0.5, 0.6) is 5.75 Å². The summed E-state index contributed by atoms with van der Waals surface area (Å²) in [4.78, 5) is 0. The van der Waals surface area contributed by atoms with E-state index in [-0.39, 0.29) is 0 Å². The van der Waals surface area contributed by atoms with E-state index < -0.39 is 5.95 Å². The Hall–Kier alpha value is -3.40. The van der Waals surface area contributed by atoms with Gasteiger partial charge in [0.05, 0.1) is 18.0 Å². The fraction of sp³-hybridized carbons (Fsp3) is 0.160. The molecule has 1 N–H and O–H groups in total. The van der Waals surface area contributed by atoms with Crippen LogP contribution in [0.1, 0.15) is 29.5 Å². The molecule has 0 aliphatic heterocycles. The van der Waals surface area contributed by atoms with Gasteiger partial charge in [0, 0.05) is 0 Å². The van der Waals surface area contributed by atoms with Gasteiger partial charge in [0.15, 0.2) is 0 Å². The van der Waals surface area contributed by atoms with Gasteiger partial charge in [-0.05, 0) is 70.9 Å². The molecule has 144 valence electrons. The minimum atomic E-state index is -0.397. The molecule has 5 rings (SSSR count). The number of methoxy groups -OCH3 is 1. The zero-order valence-corrected chi connectivity index (χ0v) is 16.2. The summed E-state index contributed by atoms with van der Waals surface area (Å²) in [7, 11) is 1.68.